The van der Waals surface area contributed by atoms with Crippen LogP contribution in [-0.2, 0) is 14.3 Å². The van der Waals surface area contributed by atoms with E-state index in [-0.39, 0.29) is 18.5 Å². The Morgan fingerprint density at radius 2 is 0.532 bits per heavy atom. The van der Waals surface area contributed by atoms with Crippen LogP contribution in [0.4, 0.5) is 0 Å². The SMILES string of the molecule is CCCCCC/C=C\C/C=C\CCCCCCCC(=O)OCCCCCCCCCCCCCCCCCCCC/C=C\CCCCCCCCCCCCCCCCCCCC(=O)NC(CO)C(O)/C=C/CCCCCCCCCCCCCCCCCCCCCC. The third kappa shape index (κ3) is 78.8. The summed E-state index contributed by atoms with van der Waals surface area (Å²) >= 11 is 0. The minimum Gasteiger partial charge on any atom is -0.466 e. The highest BCUT2D eigenvalue weighted by Gasteiger charge is 2.18. The fraction of sp³-hybridized carbons (Fsp3) is 0.886. The number of hydrogen-bond acceptors (Lipinski definition) is 5. The zero-order valence-electron chi connectivity index (χ0n) is 63.7. The number of aliphatic hydroxyl groups excluding tert-OH is 2. The first-order chi connectivity index (χ1) is 46.5. The zero-order valence-corrected chi connectivity index (χ0v) is 63.7. The van der Waals surface area contributed by atoms with E-state index in [0.717, 1.165) is 51.4 Å². The predicted molar refractivity (Wildman–Crippen MR) is 416 cm³/mol. The van der Waals surface area contributed by atoms with Gasteiger partial charge in [-0.3, -0.25) is 9.59 Å². The van der Waals surface area contributed by atoms with E-state index < -0.39 is 12.1 Å². The van der Waals surface area contributed by atoms with Crippen LogP contribution in [0.25, 0.3) is 0 Å². The summed E-state index contributed by atoms with van der Waals surface area (Å²) in [6.45, 7) is 4.93. The molecule has 0 aromatic heterocycles. The highest BCUT2D eigenvalue weighted by Crippen LogP contribution is 2.20. The summed E-state index contributed by atoms with van der Waals surface area (Å²) < 4.78 is 5.50. The van der Waals surface area contributed by atoms with E-state index in [1.165, 1.54) is 398 Å². The van der Waals surface area contributed by atoms with Gasteiger partial charge in [-0.2, -0.15) is 0 Å². The van der Waals surface area contributed by atoms with Crippen LogP contribution in [0, 0.1) is 0 Å². The van der Waals surface area contributed by atoms with Gasteiger partial charge in [0.2, 0.25) is 5.91 Å². The Labute approximate surface area is 588 Å². The number of nitrogens with one attached hydrogen (secondary N) is 1. The van der Waals surface area contributed by atoms with E-state index >= 15 is 0 Å². The van der Waals surface area contributed by atoms with Gasteiger partial charge in [0.1, 0.15) is 0 Å². The standard InChI is InChI=1S/C88H167NO5/c1-3-5-7-9-11-13-15-17-19-21-22-23-43-46-49-52-56-60-64-68-72-76-80-86(91)85(84-90)89-87(92)81-77-73-69-65-61-57-53-50-47-44-41-39-37-35-33-31-29-27-25-24-26-28-30-32-34-36-38-40-42-45-48-51-55-59-63-67-71-75-79-83-94-88(93)82-78-74-70-66-62-58-54-20-18-16-14-12-10-8-6-4-2/h14,16,20,24-25,54,76,80,85-86,90-91H,3-13,15,17-19,21-23,26-53,55-75,77-79,81-84H2,1-2H3,(H,89,92)/b16-14-,25-24-,54-20-,80-76+. The summed E-state index contributed by atoms with van der Waals surface area (Å²) in [6.07, 6.45) is 111. The van der Waals surface area contributed by atoms with Crippen LogP contribution < -0.4 is 5.32 Å². The Kier molecular flexibility index (Phi) is 81.3. The van der Waals surface area contributed by atoms with Gasteiger partial charge in [-0.15, -0.1) is 0 Å². The normalized spacial score (nSPS) is 12.7. The van der Waals surface area contributed by atoms with Crippen molar-refractivity contribution in [1.29, 1.82) is 0 Å². The van der Waals surface area contributed by atoms with Gasteiger partial charge >= 0.3 is 5.97 Å². The zero-order chi connectivity index (χ0) is 67.7. The number of amides is 1. The van der Waals surface area contributed by atoms with E-state index in [0.29, 0.717) is 19.4 Å². The van der Waals surface area contributed by atoms with Gasteiger partial charge in [0.15, 0.2) is 0 Å². The lowest BCUT2D eigenvalue weighted by Crippen LogP contribution is -2.45. The Hall–Kier alpha value is -2.18. The van der Waals surface area contributed by atoms with Crippen LogP contribution >= 0.6 is 0 Å². The second-order valence-corrected chi connectivity index (χ2v) is 29.5. The van der Waals surface area contributed by atoms with Crippen molar-refractivity contribution in [3.8, 4) is 0 Å². The lowest BCUT2D eigenvalue weighted by Gasteiger charge is -2.20. The molecule has 0 aliphatic rings. The van der Waals surface area contributed by atoms with Crippen molar-refractivity contribution in [2.75, 3.05) is 13.2 Å². The molecule has 0 bridgehead atoms. The molecule has 0 saturated heterocycles. The summed E-state index contributed by atoms with van der Waals surface area (Å²) in [5.74, 6) is -0.0495. The van der Waals surface area contributed by atoms with E-state index in [2.05, 4.69) is 55.6 Å². The first kappa shape index (κ1) is 91.8. The van der Waals surface area contributed by atoms with Gasteiger partial charge in [-0.25, -0.2) is 0 Å². The number of carbonyl (C=O) groups excluding carboxylic acids is 2. The van der Waals surface area contributed by atoms with Crippen molar-refractivity contribution in [3.05, 3.63) is 48.6 Å². The van der Waals surface area contributed by atoms with Gasteiger partial charge < -0.3 is 20.3 Å². The molecule has 0 spiro atoms. The molecular weight excluding hydrogens is 1150 g/mol. The molecule has 2 unspecified atom stereocenters. The molecule has 6 heteroatoms. The van der Waals surface area contributed by atoms with E-state index in [4.69, 9.17) is 4.74 Å². The molecule has 0 aromatic rings. The van der Waals surface area contributed by atoms with Crippen molar-refractivity contribution < 1.29 is 24.5 Å². The third-order valence-electron chi connectivity index (χ3n) is 20.1. The van der Waals surface area contributed by atoms with Crippen LogP contribution in [0.2, 0.25) is 0 Å². The van der Waals surface area contributed by atoms with Crippen molar-refractivity contribution in [3.63, 3.8) is 0 Å². The maximum atomic E-state index is 12.6. The van der Waals surface area contributed by atoms with Crippen molar-refractivity contribution in [2.24, 2.45) is 0 Å². The first-order valence-electron chi connectivity index (χ1n) is 42.9. The molecule has 3 N–H and O–H groups in total. The lowest BCUT2D eigenvalue weighted by atomic mass is 10.0. The Bertz CT molecular complexity index is 1570. The molecule has 0 aliphatic carbocycles. The number of aliphatic hydroxyl groups is 2. The van der Waals surface area contributed by atoms with Crippen LogP contribution in [0.1, 0.15) is 476 Å². The number of esters is 1. The van der Waals surface area contributed by atoms with Crippen LogP contribution in [0.15, 0.2) is 48.6 Å². The molecule has 0 heterocycles. The highest BCUT2D eigenvalue weighted by atomic mass is 16.5. The molecule has 554 valence electrons. The number of carbonyl (C=O) groups is 2. The number of unbranched alkanes of at least 4 members (excludes halogenated alkanes) is 64. The molecule has 1 amide bonds. The van der Waals surface area contributed by atoms with Crippen molar-refractivity contribution in [1.82, 2.24) is 5.32 Å². The molecule has 0 saturated carbocycles. The number of ether oxygens (including phenoxy) is 1. The second kappa shape index (κ2) is 83.2. The molecule has 0 rings (SSSR count). The maximum absolute atomic E-state index is 12.6. The lowest BCUT2D eigenvalue weighted by molar-refractivity contribution is -0.143. The average Bonchev–Trinajstić information content (AvgIpc) is 3.68. The van der Waals surface area contributed by atoms with Crippen LogP contribution in [-0.4, -0.2) is 47.4 Å². The van der Waals surface area contributed by atoms with Crippen LogP contribution in [0.5, 0.6) is 0 Å². The van der Waals surface area contributed by atoms with Gasteiger partial charge in [-0.1, -0.05) is 422 Å². The quantitative estimate of drug-likeness (QED) is 0.0320. The second-order valence-electron chi connectivity index (χ2n) is 29.5. The first-order valence-corrected chi connectivity index (χ1v) is 42.9. The summed E-state index contributed by atoms with van der Waals surface area (Å²) in [5.41, 5.74) is 0. The summed E-state index contributed by atoms with van der Waals surface area (Å²) in [6, 6.07) is -0.626. The topological polar surface area (TPSA) is 95.9 Å². The summed E-state index contributed by atoms with van der Waals surface area (Å²) in [5, 5.41) is 23.3. The monoisotopic (exact) mass is 1320 g/mol. The molecule has 0 aliphatic heterocycles. The minimum absolute atomic E-state index is 0.00936. The Morgan fingerprint density at radius 3 is 0.830 bits per heavy atom. The summed E-state index contributed by atoms with van der Waals surface area (Å²) in [4.78, 5) is 24.7. The van der Waals surface area contributed by atoms with Crippen molar-refractivity contribution >= 4 is 11.9 Å². The fourth-order valence-electron chi connectivity index (χ4n) is 13.5. The third-order valence-corrected chi connectivity index (χ3v) is 20.1. The van der Waals surface area contributed by atoms with Gasteiger partial charge in [0.25, 0.3) is 0 Å². The van der Waals surface area contributed by atoms with Crippen molar-refractivity contribution in [2.45, 2.75) is 488 Å². The largest absolute Gasteiger partial charge is 0.466 e. The summed E-state index contributed by atoms with van der Waals surface area (Å²) in [7, 11) is 0. The highest BCUT2D eigenvalue weighted by molar-refractivity contribution is 5.76. The average molecular weight is 1320 g/mol. The van der Waals surface area contributed by atoms with Gasteiger partial charge in [0, 0.05) is 12.8 Å². The molecule has 2 atom stereocenters. The molecule has 0 aromatic carbocycles. The smallest absolute Gasteiger partial charge is 0.305 e. The Morgan fingerprint density at radius 1 is 0.298 bits per heavy atom. The minimum atomic E-state index is -0.843. The predicted octanol–water partition coefficient (Wildman–Crippen LogP) is 28.7. The molecule has 6 nitrogen and oxygen atoms in total. The fourth-order valence-corrected chi connectivity index (χ4v) is 13.5. The Balaban J connectivity index is 3.35. The molecule has 94 heavy (non-hydrogen) atoms. The van der Waals surface area contributed by atoms with Gasteiger partial charge in [-0.05, 0) is 89.9 Å². The number of allylic oxidation sites excluding steroid dienone is 7. The van der Waals surface area contributed by atoms with Gasteiger partial charge in [0.05, 0.1) is 25.4 Å². The maximum Gasteiger partial charge on any atom is 0.305 e. The molecular formula is C88H167NO5. The number of hydrogen-bond donors (Lipinski definition) is 3. The van der Waals surface area contributed by atoms with Crippen LogP contribution in [0.3, 0.4) is 0 Å². The van der Waals surface area contributed by atoms with E-state index in [9.17, 15) is 19.8 Å². The number of rotatable bonds is 81. The van der Waals surface area contributed by atoms with E-state index in [1.54, 1.807) is 6.08 Å². The van der Waals surface area contributed by atoms with E-state index in [1.807, 2.05) is 6.08 Å². The molecule has 0 fully saturated rings. The molecule has 0 radical (unpaired) electrons.